The first-order valence-corrected chi connectivity index (χ1v) is 10.9. The molecule has 1 aromatic rings. The third-order valence-electron chi connectivity index (χ3n) is 5.51. The molecule has 8 N–H and O–H groups in total. The first-order valence-electron chi connectivity index (χ1n) is 10.00. The number of nitrogens with two attached hydrogens (primary N) is 2. The van der Waals surface area contributed by atoms with Crippen LogP contribution in [0.2, 0.25) is 0 Å². The fraction of sp³-hybridized carbons (Fsp3) is 0.450. The van der Waals surface area contributed by atoms with E-state index in [-0.39, 0.29) is 5.75 Å². The number of benzene rings is 1. The quantitative estimate of drug-likeness (QED) is 0.235. The highest BCUT2D eigenvalue weighted by Gasteiger charge is 2.64. The van der Waals surface area contributed by atoms with E-state index in [1.807, 2.05) is 0 Å². The van der Waals surface area contributed by atoms with E-state index in [1.165, 1.54) is 40.9 Å². The maximum Gasteiger partial charge on any atom is 0.327 e. The van der Waals surface area contributed by atoms with Crippen LogP contribution in [0.25, 0.3) is 0 Å². The molecule has 3 unspecified atom stereocenters. The van der Waals surface area contributed by atoms with E-state index in [1.54, 1.807) is 13.8 Å². The van der Waals surface area contributed by atoms with Gasteiger partial charge in [-0.1, -0.05) is 12.1 Å². The van der Waals surface area contributed by atoms with E-state index < -0.39 is 70.3 Å². The van der Waals surface area contributed by atoms with E-state index in [4.69, 9.17) is 11.5 Å². The van der Waals surface area contributed by atoms with Gasteiger partial charge in [-0.3, -0.25) is 29.8 Å². The molecule has 2 fully saturated rings. The van der Waals surface area contributed by atoms with Crippen molar-refractivity contribution in [2.24, 2.45) is 11.5 Å². The van der Waals surface area contributed by atoms with Gasteiger partial charge in [0.2, 0.25) is 23.6 Å². The summed E-state index contributed by atoms with van der Waals surface area (Å²) in [5.74, 6) is -4.24. The van der Waals surface area contributed by atoms with Gasteiger partial charge in [0.05, 0.1) is 12.5 Å². The zero-order valence-corrected chi connectivity index (χ0v) is 18.7. The highest BCUT2D eigenvalue weighted by atomic mass is 32.2. The lowest BCUT2D eigenvalue weighted by molar-refractivity contribution is -0.160. The zero-order chi connectivity index (χ0) is 24.7. The van der Waals surface area contributed by atoms with Gasteiger partial charge in [0.1, 0.15) is 29.2 Å². The predicted octanol–water partition coefficient (Wildman–Crippen LogP) is -1.62. The number of nitrogens with zero attached hydrogens (tertiary/aromatic N) is 1. The Labute approximate surface area is 193 Å². The molecular formula is C20H25N5O7S. The van der Waals surface area contributed by atoms with Gasteiger partial charge < -0.3 is 26.6 Å². The van der Waals surface area contributed by atoms with E-state index in [2.05, 4.69) is 10.6 Å². The van der Waals surface area contributed by atoms with Crippen molar-refractivity contribution in [3.8, 4) is 5.75 Å². The Balaban J connectivity index is 1.82. The number of amides is 4. The summed E-state index contributed by atoms with van der Waals surface area (Å²) in [6.07, 6.45) is -0.461. The number of hydrogen-bond donors (Lipinski definition) is 6. The zero-order valence-electron chi connectivity index (χ0n) is 17.8. The Bertz CT molecular complexity index is 999. The molecule has 12 nitrogen and oxygen atoms in total. The van der Waals surface area contributed by atoms with Crippen LogP contribution in [0.5, 0.6) is 5.75 Å². The van der Waals surface area contributed by atoms with Gasteiger partial charge in [0, 0.05) is 4.75 Å². The summed E-state index contributed by atoms with van der Waals surface area (Å²) in [6, 6.07) is 1.08. The number of phenolic OH excluding ortho intramolecular Hbond substituents is 1. The number of imide groups is 1. The average molecular weight is 480 g/mol. The lowest BCUT2D eigenvalue weighted by Crippen LogP contribution is -2.70. The molecule has 1 aromatic carbocycles. The minimum atomic E-state index is -1.34. The van der Waals surface area contributed by atoms with Gasteiger partial charge in [0.25, 0.3) is 0 Å². The van der Waals surface area contributed by atoms with E-state index in [9.17, 15) is 34.2 Å². The van der Waals surface area contributed by atoms with Crippen LogP contribution in [-0.2, 0) is 24.0 Å². The van der Waals surface area contributed by atoms with E-state index in [0.29, 0.717) is 5.56 Å². The van der Waals surface area contributed by atoms with Crippen LogP contribution in [-0.4, -0.2) is 73.0 Å². The van der Waals surface area contributed by atoms with Crippen molar-refractivity contribution in [1.29, 1.82) is 0 Å². The monoisotopic (exact) mass is 479 g/mol. The molecule has 0 radical (unpaired) electrons. The SMILES string of the molecule is CC1(C)SC2C(N[C@H](C(=O)NC(=O)[C@@H](N)CC(N)=O)c3ccc(O)cc3)C(=O)N2C1C(=O)O. The van der Waals surface area contributed by atoms with Gasteiger partial charge in [-0.25, -0.2) is 4.79 Å². The maximum absolute atomic E-state index is 12.9. The van der Waals surface area contributed by atoms with Crippen molar-refractivity contribution in [2.45, 2.75) is 54.6 Å². The van der Waals surface area contributed by atoms with Gasteiger partial charge in [-0.05, 0) is 31.5 Å². The van der Waals surface area contributed by atoms with Crippen LogP contribution in [0.1, 0.15) is 31.9 Å². The maximum atomic E-state index is 12.9. The second-order valence-electron chi connectivity index (χ2n) is 8.40. The molecule has 0 saturated carbocycles. The smallest absolute Gasteiger partial charge is 0.327 e. The highest BCUT2D eigenvalue weighted by Crippen LogP contribution is 2.51. The Morgan fingerprint density at radius 3 is 2.33 bits per heavy atom. The topological polar surface area (TPSA) is 205 Å². The number of aromatic hydroxyl groups is 1. The summed E-state index contributed by atoms with van der Waals surface area (Å²) >= 11 is 1.29. The number of thioether (sulfide) groups is 1. The molecule has 0 spiro atoms. The molecule has 0 bridgehead atoms. The summed E-state index contributed by atoms with van der Waals surface area (Å²) < 4.78 is -0.754. The Kier molecular flexibility index (Phi) is 6.68. The number of carboxylic acids is 1. The van der Waals surface area contributed by atoms with Crippen LogP contribution in [0.15, 0.2) is 24.3 Å². The van der Waals surface area contributed by atoms with Crippen molar-refractivity contribution >= 4 is 41.4 Å². The van der Waals surface area contributed by atoms with E-state index >= 15 is 0 Å². The number of nitrogens with one attached hydrogen (secondary N) is 2. The number of carbonyl (C=O) groups excluding carboxylic acids is 4. The number of primary amides is 1. The van der Waals surface area contributed by atoms with Crippen molar-refractivity contribution in [1.82, 2.24) is 15.5 Å². The van der Waals surface area contributed by atoms with Gasteiger partial charge >= 0.3 is 5.97 Å². The second kappa shape index (κ2) is 9.00. The number of rotatable bonds is 8. The number of β-lactam (4-membered cyclic amide) rings is 1. The molecule has 5 atom stereocenters. The number of carbonyl (C=O) groups is 5. The molecule has 3 rings (SSSR count). The molecule has 2 heterocycles. The molecule has 0 aromatic heterocycles. The standard InChI is InChI=1S/C20H25N5O7S/c1-20(2)14(19(31)32)25-17(30)13(18(25)33-20)23-12(8-3-5-9(26)6-4-8)16(29)24-15(28)10(21)7-11(22)27/h3-6,10,12-14,18,23,26H,7,21H2,1-2H3,(H2,22,27)(H,31,32)(H,24,28,29)/t10-,12-,13?,14?,18?/m0/s1. The normalized spacial score (nSPS) is 24.9. The third-order valence-corrected chi connectivity index (χ3v) is 7.09. The van der Waals surface area contributed by atoms with Crippen LogP contribution in [0.3, 0.4) is 0 Å². The minimum Gasteiger partial charge on any atom is -0.508 e. The summed E-state index contributed by atoms with van der Waals surface area (Å²) in [7, 11) is 0. The average Bonchev–Trinajstić information content (AvgIpc) is 2.96. The molecule has 2 aliphatic rings. The fourth-order valence-corrected chi connectivity index (χ4v) is 5.57. The van der Waals surface area contributed by atoms with Crippen LogP contribution < -0.4 is 22.1 Å². The largest absolute Gasteiger partial charge is 0.508 e. The predicted molar refractivity (Wildman–Crippen MR) is 116 cm³/mol. The number of hydrogen-bond acceptors (Lipinski definition) is 9. The molecule has 2 aliphatic heterocycles. The lowest BCUT2D eigenvalue weighted by atomic mass is 9.95. The first kappa shape index (κ1) is 24.5. The number of aliphatic carboxylic acids is 1. The summed E-state index contributed by atoms with van der Waals surface area (Å²) in [6.45, 7) is 3.45. The Morgan fingerprint density at radius 1 is 1.18 bits per heavy atom. The number of phenols is 1. The first-order chi connectivity index (χ1) is 15.3. The van der Waals surface area contributed by atoms with Gasteiger partial charge in [-0.2, -0.15) is 0 Å². The molecule has 33 heavy (non-hydrogen) atoms. The summed E-state index contributed by atoms with van der Waals surface area (Å²) in [5.41, 5.74) is 11.0. The Hall–Kier alpha value is -3.16. The molecule has 4 amide bonds. The van der Waals surface area contributed by atoms with Crippen LogP contribution in [0, 0.1) is 0 Å². The molecular weight excluding hydrogens is 454 g/mol. The van der Waals surface area contributed by atoms with Crippen molar-refractivity contribution in [3.63, 3.8) is 0 Å². The summed E-state index contributed by atoms with van der Waals surface area (Å²) in [5, 5.41) is 23.6. The van der Waals surface area contributed by atoms with Crippen molar-refractivity contribution < 1.29 is 34.2 Å². The fourth-order valence-electron chi connectivity index (χ4n) is 3.93. The highest BCUT2D eigenvalue weighted by molar-refractivity contribution is 8.01. The number of carboxylic acid groups (broad SMARTS) is 1. The van der Waals surface area contributed by atoms with Gasteiger partial charge in [-0.15, -0.1) is 11.8 Å². The van der Waals surface area contributed by atoms with Crippen LogP contribution in [0.4, 0.5) is 0 Å². The molecule has 13 heteroatoms. The van der Waals surface area contributed by atoms with Gasteiger partial charge in [0.15, 0.2) is 0 Å². The lowest BCUT2D eigenvalue weighted by Gasteiger charge is -2.45. The Morgan fingerprint density at radius 2 is 1.79 bits per heavy atom. The second-order valence-corrected chi connectivity index (χ2v) is 10.2. The molecule has 0 aliphatic carbocycles. The molecule has 2 saturated heterocycles. The number of fused-ring (bicyclic) bond motifs is 1. The van der Waals surface area contributed by atoms with Crippen molar-refractivity contribution in [3.05, 3.63) is 29.8 Å². The van der Waals surface area contributed by atoms with Crippen molar-refractivity contribution in [2.75, 3.05) is 0 Å². The van der Waals surface area contributed by atoms with E-state index in [0.717, 1.165) is 0 Å². The third kappa shape index (κ3) is 4.79. The van der Waals surface area contributed by atoms with Crippen LogP contribution >= 0.6 is 11.8 Å². The minimum absolute atomic E-state index is 0.0549. The summed E-state index contributed by atoms with van der Waals surface area (Å²) in [4.78, 5) is 62.0. The molecule has 178 valence electrons.